The fourth-order valence-corrected chi connectivity index (χ4v) is 2.15. The first-order valence-electron chi connectivity index (χ1n) is 5.30. The zero-order valence-corrected chi connectivity index (χ0v) is 10.1. The Morgan fingerprint density at radius 3 is 1.94 bits per heavy atom. The summed E-state index contributed by atoms with van der Waals surface area (Å²) < 4.78 is 11.0. The Hall–Kier alpha value is -1.64. The van der Waals surface area contributed by atoms with E-state index in [9.17, 15) is 0 Å². The van der Waals surface area contributed by atoms with Crippen LogP contribution in [0.5, 0.6) is 11.5 Å². The molecule has 0 aliphatic heterocycles. The van der Waals surface area contributed by atoms with Gasteiger partial charge in [-0.1, -0.05) is 24.3 Å². The van der Waals surface area contributed by atoms with Crippen molar-refractivity contribution in [2.45, 2.75) is 6.92 Å². The molecule has 0 N–H and O–H groups in total. The summed E-state index contributed by atoms with van der Waals surface area (Å²) >= 11 is 0. The third kappa shape index (κ3) is 1.43. The van der Waals surface area contributed by atoms with E-state index in [4.69, 9.17) is 9.47 Å². The van der Waals surface area contributed by atoms with Gasteiger partial charge in [0.15, 0.2) is 0 Å². The van der Waals surface area contributed by atoms with Gasteiger partial charge < -0.3 is 9.47 Å². The van der Waals surface area contributed by atoms with Crippen molar-refractivity contribution in [1.29, 1.82) is 0 Å². The van der Waals surface area contributed by atoms with Crippen LogP contribution in [0.2, 0.25) is 0 Å². The molecule has 2 nitrogen and oxygen atoms in total. The van der Waals surface area contributed by atoms with Gasteiger partial charge in [-0.3, -0.25) is 0 Å². The number of fused-ring (bicyclic) bond motifs is 1. The maximum atomic E-state index is 5.48. The number of benzene rings is 2. The van der Waals surface area contributed by atoms with E-state index in [1.54, 1.807) is 14.2 Å². The summed E-state index contributed by atoms with van der Waals surface area (Å²) in [5.41, 5.74) is 2.27. The monoisotopic (exact) mass is 214 g/mol. The van der Waals surface area contributed by atoms with Gasteiger partial charge in [0, 0.05) is 10.8 Å². The molecule has 3 heteroatoms. The normalized spacial score (nSPS) is 10.4. The second-order valence-corrected chi connectivity index (χ2v) is 3.86. The Morgan fingerprint density at radius 1 is 0.938 bits per heavy atom. The van der Waals surface area contributed by atoms with Crippen LogP contribution in [0.3, 0.4) is 0 Å². The zero-order chi connectivity index (χ0) is 11.7. The van der Waals surface area contributed by atoms with Crippen LogP contribution in [-0.4, -0.2) is 22.1 Å². The van der Waals surface area contributed by atoms with Gasteiger partial charge >= 0.3 is 0 Å². The van der Waals surface area contributed by atoms with E-state index in [0.29, 0.717) is 0 Å². The molecule has 0 aliphatic carbocycles. The van der Waals surface area contributed by atoms with Crippen molar-refractivity contribution in [3.05, 3.63) is 29.8 Å². The van der Waals surface area contributed by atoms with Crippen molar-refractivity contribution in [1.82, 2.24) is 0 Å². The summed E-state index contributed by atoms with van der Waals surface area (Å²) in [6.45, 7) is 2.06. The molecular weight excluding hydrogens is 199 g/mol. The second kappa shape index (κ2) is 4.09. The molecule has 0 aromatic heterocycles. The van der Waals surface area contributed by atoms with Crippen molar-refractivity contribution in [3.63, 3.8) is 0 Å². The third-order valence-corrected chi connectivity index (χ3v) is 3.07. The van der Waals surface area contributed by atoms with Crippen LogP contribution in [0.1, 0.15) is 5.56 Å². The maximum absolute atomic E-state index is 5.48. The average molecular weight is 214 g/mol. The Bertz CT molecular complexity index is 486. The van der Waals surface area contributed by atoms with E-state index < -0.39 is 0 Å². The predicted octanol–water partition coefficient (Wildman–Crippen LogP) is 1.42. The molecule has 0 spiro atoms. The van der Waals surface area contributed by atoms with Crippen LogP contribution < -0.4 is 14.9 Å². The van der Waals surface area contributed by atoms with E-state index in [-0.39, 0.29) is 0 Å². The van der Waals surface area contributed by atoms with E-state index in [1.165, 1.54) is 0 Å². The molecule has 0 saturated carbocycles. The first kappa shape index (κ1) is 10.9. The van der Waals surface area contributed by atoms with E-state index in [2.05, 4.69) is 26.9 Å². The number of hydrogen-bond donors (Lipinski definition) is 0. The zero-order valence-electron chi connectivity index (χ0n) is 10.1. The van der Waals surface area contributed by atoms with Crippen LogP contribution in [0, 0.1) is 6.92 Å². The lowest BCUT2D eigenvalue weighted by molar-refractivity contribution is 0.410. The highest BCUT2D eigenvalue weighted by atomic mass is 16.5. The Labute approximate surface area is 96.6 Å². The molecule has 0 radical (unpaired) electrons. The van der Waals surface area contributed by atoms with Crippen LogP contribution in [0.4, 0.5) is 0 Å². The van der Waals surface area contributed by atoms with Gasteiger partial charge in [-0.2, -0.15) is 0 Å². The average Bonchev–Trinajstić information content (AvgIpc) is 2.31. The van der Waals surface area contributed by atoms with Crippen LogP contribution in [-0.2, 0) is 0 Å². The molecule has 2 aromatic rings. The molecule has 0 atom stereocenters. The molecule has 0 aliphatic rings. The van der Waals surface area contributed by atoms with Crippen LogP contribution in [0.25, 0.3) is 10.8 Å². The van der Waals surface area contributed by atoms with Crippen molar-refractivity contribution >= 4 is 24.1 Å². The largest absolute Gasteiger partial charge is 0.497 e. The Morgan fingerprint density at radius 2 is 1.44 bits per heavy atom. The first-order valence-corrected chi connectivity index (χ1v) is 5.30. The summed E-state index contributed by atoms with van der Waals surface area (Å²) in [6, 6.07) is 8.14. The molecule has 0 bridgehead atoms. The lowest BCUT2D eigenvalue weighted by Crippen LogP contribution is -2.13. The molecular formula is C13H15BO2. The lowest BCUT2D eigenvalue weighted by atomic mass is 9.86. The summed E-state index contributed by atoms with van der Waals surface area (Å²) in [7, 11) is 5.48. The van der Waals surface area contributed by atoms with E-state index >= 15 is 0 Å². The van der Waals surface area contributed by atoms with E-state index in [1.807, 2.05) is 12.1 Å². The smallest absolute Gasteiger partial charge is 0.144 e. The van der Waals surface area contributed by atoms with Gasteiger partial charge in [-0.05, 0) is 17.9 Å². The summed E-state index contributed by atoms with van der Waals surface area (Å²) in [5, 5.41) is 2.20. The molecule has 16 heavy (non-hydrogen) atoms. The lowest BCUT2D eigenvalue weighted by Gasteiger charge is -2.16. The van der Waals surface area contributed by atoms with Gasteiger partial charge in [0.25, 0.3) is 0 Å². The van der Waals surface area contributed by atoms with Gasteiger partial charge in [0.2, 0.25) is 0 Å². The standard InChI is InChI=1S/C13H15BO2/c1-8-11(14)13(16-3)10-7-5-4-6-9(10)12(8)15-2/h4-7H,14H2,1-3H3. The Kier molecular flexibility index (Phi) is 2.78. The maximum Gasteiger partial charge on any atom is 0.144 e. The van der Waals surface area contributed by atoms with Crippen molar-refractivity contribution in [2.24, 2.45) is 0 Å². The predicted molar refractivity (Wildman–Crippen MR) is 70.0 cm³/mol. The highest BCUT2D eigenvalue weighted by Crippen LogP contribution is 2.33. The number of methoxy groups -OCH3 is 2. The third-order valence-electron chi connectivity index (χ3n) is 3.07. The van der Waals surface area contributed by atoms with Gasteiger partial charge in [-0.25, -0.2) is 0 Å². The Balaban J connectivity index is 2.95. The molecule has 0 heterocycles. The summed E-state index contributed by atoms with van der Waals surface area (Å²) in [5.74, 6) is 1.88. The molecule has 0 saturated heterocycles. The number of hydrogen-bond acceptors (Lipinski definition) is 2. The molecule has 2 rings (SSSR count). The minimum Gasteiger partial charge on any atom is -0.497 e. The molecule has 0 unspecified atom stereocenters. The summed E-state index contributed by atoms with van der Waals surface area (Å²) in [4.78, 5) is 0. The molecule has 0 fully saturated rings. The topological polar surface area (TPSA) is 18.5 Å². The molecule has 0 amide bonds. The quantitative estimate of drug-likeness (QED) is 0.704. The molecule has 2 aromatic carbocycles. The van der Waals surface area contributed by atoms with Gasteiger partial charge in [0.1, 0.15) is 19.3 Å². The highest BCUT2D eigenvalue weighted by molar-refractivity contribution is 6.37. The SMILES string of the molecule is Bc1c(C)c(OC)c2ccccc2c1OC. The fraction of sp³-hybridized carbons (Fsp3) is 0.231. The fourth-order valence-electron chi connectivity index (χ4n) is 2.15. The molecule has 82 valence electrons. The van der Waals surface area contributed by atoms with Crippen LogP contribution >= 0.6 is 0 Å². The minimum absolute atomic E-state index is 0.939. The number of rotatable bonds is 2. The van der Waals surface area contributed by atoms with E-state index in [0.717, 1.165) is 33.3 Å². The van der Waals surface area contributed by atoms with Gasteiger partial charge in [0.05, 0.1) is 14.2 Å². The van der Waals surface area contributed by atoms with Crippen LogP contribution in [0.15, 0.2) is 24.3 Å². The second-order valence-electron chi connectivity index (χ2n) is 3.86. The van der Waals surface area contributed by atoms with Crippen molar-refractivity contribution < 1.29 is 9.47 Å². The minimum atomic E-state index is 0.939. The summed E-state index contributed by atoms with van der Waals surface area (Å²) in [6.07, 6.45) is 0. The highest BCUT2D eigenvalue weighted by Gasteiger charge is 2.14. The van der Waals surface area contributed by atoms with Crippen molar-refractivity contribution in [2.75, 3.05) is 14.2 Å². The van der Waals surface area contributed by atoms with Crippen molar-refractivity contribution in [3.8, 4) is 11.5 Å². The first-order chi connectivity index (χ1) is 7.70. The van der Waals surface area contributed by atoms with Gasteiger partial charge in [-0.15, -0.1) is 0 Å². The number of ether oxygens (including phenoxy) is 2.